The van der Waals surface area contributed by atoms with Crippen molar-refractivity contribution in [1.29, 1.82) is 0 Å². The molecule has 0 spiro atoms. The number of benzene rings is 3. The van der Waals surface area contributed by atoms with E-state index in [-0.39, 0.29) is 6.61 Å². The Bertz CT molecular complexity index is 1530. The van der Waals surface area contributed by atoms with E-state index >= 15 is 0 Å². The van der Waals surface area contributed by atoms with Crippen LogP contribution in [0.2, 0.25) is 5.02 Å². The van der Waals surface area contributed by atoms with Crippen molar-refractivity contribution in [2.45, 2.75) is 12.5 Å². The quantitative estimate of drug-likeness (QED) is 0.284. The van der Waals surface area contributed by atoms with Gasteiger partial charge in [0.15, 0.2) is 5.60 Å². The Morgan fingerprint density at radius 1 is 1.00 bits per heavy atom. The molecule has 2 aromatic heterocycles. The molecule has 3 aromatic carbocycles. The van der Waals surface area contributed by atoms with Gasteiger partial charge in [0, 0.05) is 24.0 Å². The maximum Gasteiger partial charge on any atom is 0.156 e. The highest BCUT2D eigenvalue weighted by Crippen LogP contribution is 2.40. The zero-order valence-corrected chi connectivity index (χ0v) is 20.9. The van der Waals surface area contributed by atoms with Crippen LogP contribution in [0.5, 0.6) is 0 Å². The molecule has 0 radical (unpaired) electrons. The molecule has 5 rings (SSSR count). The van der Waals surface area contributed by atoms with Crippen LogP contribution in [0.15, 0.2) is 85.3 Å². The smallest absolute Gasteiger partial charge is 0.156 e. The summed E-state index contributed by atoms with van der Waals surface area (Å²) in [4.78, 5) is 9.04. The minimum atomic E-state index is -1.47. The fourth-order valence-corrected chi connectivity index (χ4v) is 4.76. The highest BCUT2D eigenvalue weighted by Gasteiger charge is 2.37. The van der Waals surface area contributed by atoms with Gasteiger partial charge in [-0.1, -0.05) is 59.6 Å². The number of hydrogen-bond acceptors (Lipinski definition) is 5. The van der Waals surface area contributed by atoms with Crippen LogP contribution in [-0.4, -0.2) is 37.9 Å². The second-order valence-electron chi connectivity index (χ2n) is 8.91. The molecule has 2 heterocycles. The van der Waals surface area contributed by atoms with Gasteiger partial charge in [-0.25, -0.2) is 9.97 Å². The molecular weight excluding hydrogens is 472 g/mol. The summed E-state index contributed by atoms with van der Waals surface area (Å²) in [6.07, 6.45) is 3.36. The number of halogens is 1. The van der Waals surface area contributed by atoms with E-state index in [4.69, 9.17) is 16.6 Å². The number of fused-ring (bicyclic) bond motifs is 1. The highest BCUT2D eigenvalue weighted by molar-refractivity contribution is 6.30. The van der Waals surface area contributed by atoms with Crippen LogP contribution < -0.4 is 5.32 Å². The molecular formula is C29H27ClN4O2. The predicted molar refractivity (Wildman–Crippen MR) is 144 cm³/mol. The Labute approximate surface area is 214 Å². The first-order valence-electron chi connectivity index (χ1n) is 11.7. The fourth-order valence-electron chi connectivity index (χ4n) is 4.64. The molecule has 0 fully saturated rings. The molecule has 1 unspecified atom stereocenters. The molecule has 36 heavy (non-hydrogen) atoms. The molecule has 0 amide bonds. The van der Waals surface area contributed by atoms with Crippen LogP contribution in [-0.2, 0) is 12.6 Å². The minimum absolute atomic E-state index is 0.0112. The van der Waals surface area contributed by atoms with Crippen molar-refractivity contribution >= 4 is 28.3 Å². The van der Waals surface area contributed by atoms with Gasteiger partial charge in [-0.2, -0.15) is 0 Å². The highest BCUT2D eigenvalue weighted by atomic mass is 35.5. The number of nitrogens with one attached hydrogen (secondary N) is 1. The third-order valence-corrected chi connectivity index (χ3v) is 6.67. The summed E-state index contributed by atoms with van der Waals surface area (Å²) < 4.78 is 1.82. The lowest BCUT2D eigenvalue weighted by Gasteiger charge is -2.30. The van der Waals surface area contributed by atoms with Crippen LogP contribution in [0, 0.1) is 6.92 Å². The first-order chi connectivity index (χ1) is 17.4. The summed E-state index contributed by atoms with van der Waals surface area (Å²) in [5, 5.41) is 26.3. The standard InChI is InChI=1S/C29H27ClN4O2/c1-19-4-3-5-20(14-19)24-16-28(32-12-13-35)33-26-11-8-22(15-25(24)26)29(36,27-17-31-18-34(27)2)21-6-9-23(30)10-7-21/h3-11,14-18,35-36H,12-13H2,1-2H3,(H,32,33). The van der Waals surface area contributed by atoms with Gasteiger partial charge in [-0.15, -0.1) is 0 Å². The van der Waals surface area contributed by atoms with Gasteiger partial charge >= 0.3 is 0 Å². The summed E-state index contributed by atoms with van der Waals surface area (Å²) in [6.45, 7) is 2.48. The molecule has 0 aliphatic rings. The largest absolute Gasteiger partial charge is 0.395 e. The predicted octanol–water partition coefficient (Wildman–Crippen LogP) is 5.29. The molecule has 0 bridgehead atoms. The van der Waals surface area contributed by atoms with Crippen LogP contribution in [0.1, 0.15) is 22.4 Å². The Kier molecular flexibility index (Phi) is 6.49. The Morgan fingerprint density at radius 2 is 1.78 bits per heavy atom. The van der Waals surface area contributed by atoms with Gasteiger partial charge in [-0.05, 0) is 59.5 Å². The summed E-state index contributed by atoms with van der Waals surface area (Å²) >= 11 is 6.17. The first kappa shape index (κ1) is 24.0. The topological polar surface area (TPSA) is 83.2 Å². The third-order valence-electron chi connectivity index (χ3n) is 6.42. The number of imidazole rings is 1. The summed E-state index contributed by atoms with van der Waals surface area (Å²) in [7, 11) is 1.86. The number of aryl methyl sites for hydroxylation is 2. The normalized spacial score (nSPS) is 13.0. The SMILES string of the molecule is Cc1cccc(-c2cc(NCCO)nc3ccc(C(O)(c4ccc(Cl)cc4)c4cncn4C)cc23)c1. The maximum atomic E-state index is 12.4. The summed E-state index contributed by atoms with van der Waals surface area (Å²) in [5.41, 5.74) is 4.48. The second kappa shape index (κ2) is 9.74. The number of nitrogens with zero attached hydrogens (tertiary/aromatic N) is 3. The van der Waals surface area contributed by atoms with Crippen LogP contribution >= 0.6 is 11.6 Å². The summed E-state index contributed by atoms with van der Waals surface area (Å²) in [6, 6.07) is 23.3. The molecule has 0 saturated carbocycles. The molecule has 182 valence electrons. The lowest BCUT2D eigenvalue weighted by Crippen LogP contribution is -2.31. The van der Waals surface area contributed by atoms with E-state index in [1.165, 1.54) is 0 Å². The van der Waals surface area contributed by atoms with Gasteiger partial charge < -0.3 is 20.1 Å². The molecule has 3 N–H and O–H groups in total. The van der Waals surface area contributed by atoms with E-state index in [9.17, 15) is 10.2 Å². The van der Waals surface area contributed by atoms with Crippen molar-refractivity contribution in [3.8, 4) is 11.1 Å². The Hall–Kier alpha value is -3.71. The average molecular weight is 499 g/mol. The van der Waals surface area contributed by atoms with Crippen molar-refractivity contribution in [3.63, 3.8) is 0 Å². The molecule has 7 heteroatoms. The van der Waals surface area contributed by atoms with Crippen molar-refractivity contribution in [2.75, 3.05) is 18.5 Å². The third kappa shape index (κ3) is 4.35. The van der Waals surface area contributed by atoms with Gasteiger partial charge in [0.2, 0.25) is 0 Å². The number of pyridine rings is 1. The molecule has 0 aliphatic carbocycles. The van der Waals surface area contributed by atoms with E-state index in [2.05, 4.69) is 35.4 Å². The van der Waals surface area contributed by atoms with Crippen LogP contribution in [0.4, 0.5) is 5.82 Å². The monoisotopic (exact) mass is 498 g/mol. The molecule has 0 aliphatic heterocycles. The van der Waals surface area contributed by atoms with Crippen molar-refractivity contribution in [2.24, 2.45) is 7.05 Å². The zero-order valence-electron chi connectivity index (χ0n) is 20.1. The lowest BCUT2D eigenvalue weighted by molar-refractivity contribution is 0.117. The van der Waals surface area contributed by atoms with Crippen molar-refractivity contribution in [3.05, 3.63) is 113 Å². The molecule has 1 atom stereocenters. The molecule has 6 nitrogen and oxygen atoms in total. The van der Waals surface area contributed by atoms with E-state index in [1.807, 2.05) is 54.1 Å². The average Bonchev–Trinajstić information content (AvgIpc) is 3.33. The Balaban J connectivity index is 1.77. The van der Waals surface area contributed by atoms with E-state index in [0.29, 0.717) is 34.2 Å². The van der Waals surface area contributed by atoms with Gasteiger partial charge in [-0.3, -0.25) is 0 Å². The number of aliphatic hydroxyl groups is 2. The van der Waals surface area contributed by atoms with Crippen molar-refractivity contribution < 1.29 is 10.2 Å². The van der Waals surface area contributed by atoms with Gasteiger partial charge in [0.25, 0.3) is 0 Å². The molecule has 0 saturated heterocycles. The van der Waals surface area contributed by atoms with E-state index < -0.39 is 5.60 Å². The Morgan fingerprint density at radius 3 is 2.47 bits per heavy atom. The van der Waals surface area contributed by atoms with Gasteiger partial charge in [0.1, 0.15) is 5.82 Å². The number of rotatable bonds is 7. The van der Waals surface area contributed by atoms with E-state index in [0.717, 1.165) is 27.6 Å². The number of hydrogen-bond donors (Lipinski definition) is 3. The number of aromatic nitrogens is 3. The number of aliphatic hydroxyl groups excluding tert-OH is 1. The minimum Gasteiger partial charge on any atom is -0.395 e. The second-order valence-corrected chi connectivity index (χ2v) is 9.35. The van der Waals surface area contributed by atoms with E-state index in [1.54, 1.807) is 24.7 Å². The van der Waals surface area contributed by atoms with Crippen molar-refractivity contribution in [1.82, 2.24) is 14.5 Å². The zero-order chi connectivity index (χ0) is 25.3. The first-order valence-corrected chi connectivity index (χ1v) is 12.1. The fraction of sp³-hybridized carbons (Fsp3) is 0.172. The maximum absolute atomic E-state index is 12.4. The van der Waals surface area contributed by atoms with Crippen LogP contribution in [0.25, 0.3) is 22.0 Å². The number of anilines is 1. The lowest BCUT2D eigenvalue weighted by atomic mass is 9.82. The van der Waals surface area contributed by atoms with Gasteiger partial charge in [0.05, 0.1) is 30.3 Å². The summed E-state index contributed by atoms with van der Waals surface area (Å²) in [5.74, 6) is 0.681. The van der Waals surface area contributed by atoms with Crippen LogP contribution in [0.3, 0.4) is 0 Å². The molecule has 5 aromatic rings.